The minimum Gasteiger partial charge on any atom is -0.507 e. The summed E-state index contributed by atoms with van der Waals surface area (Å²) in [6.45, 7) is 6.69. The number of benzene rings is 2. The van der Waals surface area contributed by atoms with E-state index in [1.807, 2.05) is 31.2 Å². The molecule has 1 aliphatic rings. The van der Waals surface area contributed by atoms with Crippen LogP contribution >= 0.6 is 0 Å². The highest BCUT2D eigenvalue weighted by molar-refractivity contribution is 6.46. The Morgan fingerprint density at radius 2 is 1.68 bits per heavy atom. The molecule has 1 atom stereocenters. The van der Waals surface area contributed by atoms with Crippen molar-refractivity contribution in [3.8, 4) is 5.75 Å². The van der Waals surface area contributed by atoms with E-state index in [0.717, 1.165) is 11.1 Å². The van der Waals surface area contributed by atoms with Crippen LogP contribution in [-0.2, 0) is 9.59 Å². The van der Waals surface area contributed by atoms with Gasteiger partial charge in [0.1, 0.15) is 11.5 Å². The van der Waals surface area contributed by atoms with Gasteiger partial charge in [-0.25, -0.2) is 0 Å². The molecule has 0 saturated carbocycles. The molecule has 1 amide bonds. The predicted octanol–water partition coefficient (Wildman–Crippen LogP) is 4.08. The zero-order valence-electron chi connectivity index (χ0n) is 16.6. The SMILES string of the molecule is Cc1ccc(C2/C(=C(\O)c3ccc(OCC(C)C)cc3)C(=O)C(=O)N2C)cc1. The van der Waals surface area contributed by atoms with E-state index in [2.05, 4.69) is 13.8 Å². The van der Waals surface area contributed by atoms with Crippen LogP contribution in [0.2, 0.25) is 0 Å². The van der Waals surface area contributed by atoms with Crippen LogP contribution in [0.1, 0.15) is 36.6 Å². The van der Waals surface area contributed by atoms with Gasteiger partial charge in [0.05, 0.1) is 18.2 Å². The fourth-order valence-corrected chi connectivity index (χ4v) is 3.21. The molecular formula is C23H25NO4. The second kappa shape index (κ2) is 7.89. The monoisotopic (exact) mass is 379 g/mol. The Hall–Kier alpha value is -3.08. The molecule has 0 aromatic heterocycles. The van der Waals surface area contributed by atoms with Gasteiger partial charge in [0, 0.05) is 12.6 Å². The van der Waals surface area contributed by atoms with Crippen molar-refractivity contribution in [1.29, 1.82) is 0 Å². The number of nitrogens with zero attached hydrogens (tertiary/aromatic N) is 1. The molecule has 1 N–H and O–H groups in total. The first kappa shape index (κ1) is 19.7. The van der Waals surface area contributed by atoms with Crippen molar-refractivity contribution in [3.05, 3.63) is 70.8 Å². The lowest BCUT2D eigenvalue weighted by molar-refractivity contribution is -0.139. The number of aliphatic hydroxyl groups excluding tert-OH is 1. The minimum atomic E-state index is -0.675. The van der Waals surface area contributed by atoms with E-state index in [1.54, 1.807) is 31.3 Å². The van der Waals surface area contributed by atoms with Gasteiger partial charge in [-0.1, -0.05) is 43.7 Å². The van der Waals surface area contributed by atoms with Crippen LogP contribution in [0.25, 0.3) is 5.76 Å². The second-order valence-electron chi connectivity index (χ2n) is 7.55. The van der Waals surface area contributed by atoms with Crippen molar-refractivity contribution in [3.63, 3.8) is 0 Å². The second-order valence-corrected chi connectivity index (χ2v) is 7.55. The lowest BCUT2D eigenvalue weighted by Gasteiger charge is -2.21. The lowest BCUT2D eigenvalue weighted by Crippen LogP contribution is -2.24. The maximum atomic E-state index is 12.6. The molecule has 28 heavy (non-hydrogen) atoms. The number of ether oxygens (including phenoxy) is 1. The molecule has 5 heteroatoms. The minimum absolute atomic E-state index is 0.104. The lowest BCUT2D eigenvalue weighted by atomic mass is 9.95. The average molecular weight is 379 g/mol. The van der Waals surface area contributed by atoms with Gasteiger partial charge in [-0.3, -0.25) is 9.59 Å². The molecule has 2 aromatic carbocycles. The summed E-state index contributed by atoms with van der Waals surface area (Å²) in [5, 5.41) is 10.9. The number of aliphatic hydroxyl groups is 1. The molecule has 0 spiro atoms. The van der Waals surface area contributed by atoms with Crippen LogP contribution < -0.4 is 4.74 Å². The number of likely N-dealkylation sites (N-methyl/N-ethyl adjacent to an activating group) is 1. The Morgan fingerprint density at radius 1 is 1.07 bits per heavy atom. The summed E-state index contributed by atoms with van der Waals surface area (Å²) >= 11 is 0. The number of aryl methyl sites for hydroxylation is 1. The van der Waals surface area contributed by atoms with E-state index in [9.17, 15) is 14.7 Å². The molecule has 1 fully saturated rings. The Morgan fingerprint density at radius 3 is 2.25 bits per heavy atom. The Bertz CT molecular complexity index is 911. The van der Waals surface area contributed by atoms with Crippen LogP contribution in [0, 0.1) is 12.8 Å². The third-order valence-electron chi connectivity index (χ3n) is 4.78. The topological polar surface area (TPSA) is 66.8 Å². The third kappa shape index (κ3) is 3.79. The Balaban J connectivity index is 1.99. The number of likely N-dealkylation sites (tertiary alicyclic amines) is 1. The maximum Gasteiger partial charge on any atom is 0.295 e. The first-order valence-electron chi connectivity index (χ1n) is 9.34. The van der Waals surface area contributed by atoms with Crippen molar-refractivity contribution >= 4 is 17.4 Å². The molecule has 1 heterocycles. The highest BCUT2D eigenvalue weighted by Crippen LogP contribution is 2.38. The normalized spacial score (nSPS) is 18.8. The number of rotatable bonds is 5. The van der Waals surface area contributed by atoms with Crippen LogP contribution in [0.5, 0.6) is 5.75 Å². The van der Waals surface area contributed by atoms with Gasteiger partial charge in [-0.2, -0.15) is 0 Å². The fourth-order valence-electron chi connectivity index (χ4n) is 3.21. The van der Waals surface area contributed by atoms with E-state index < -0.39 is 17.7 Å². The number of ketones is 1. The first-order valence-corrected chi connectivity index (χ1v) is 9.34. The van der Waals surface area contributed by atoms with Gasteiger partial charge < -0.3 is 14.7 Å². The van der Waals surface area contributed by atoms with Gasteiger partial charge in [-0.15, -0.1) is 0 Å². The highest BCUT2D eigenvalue weighted by atomic mass is 16.5. The maximum absolute atomic E-state index is 12.6. The summed E-state index contributed by atoms with van der Waals surface area (Å²) in [6, 6.07) is 13.9. The van der Waals surface area contributed by atoms with Crippen molar-refractivity contribution in [1.82, 2.24) is 4.90 Å². The molecule has 5 nitrogen and oxygen atoms in total. The van der Waals surface area contributed by atoms with E-state index in [1.165, 1.54) is 4.90 Å². The summed E-state index contributed by atoms with van der Waals surface area (Å²) in [5.74, 6) is -0.377. The molecule has 3 rings (SSSR count). The van der Waals surface area contributed by atoms with Gasteiger partial charge in [0.25, 0.3) is 11.7 Å². The summed E-state index contributed by atoms with van der Waals surface area (Å²) in [6.07, 6.45) is 0. The van der Waals surface area contributed by atoms with Crippen molar-refractivity contribution < 1.29 is 19.4 Å². The molecule has 1 saturated heterocycles. The summed E-state index contributed by atoms with van der Waals surface area (Å²) < 4.78 is 5.66. The van der Waals surface area contributed by atoms with E-state index in [4.69, 9.17) is 4.74 Å². The van der Waals surface area contributed by atoms with E-state index in [0.29, 0.717) is 23.8 Å². The van der Waals surface area contributed by atoms with Crippen molar-refractivity contribution in [2.75, 3.05) is 13.7 Å². The highest BCUT2D eigenvalue weighted by Gasteiger charge is 2.44. The molecule has 2 aromatic rings. The quantitative estimate of drug-likeness (QED) is 0.483. The summed E-state index contributed by atoms with van der Waals surface area (Å²) in [5.41, 5.74) is 2.44. The number of Topliss-reactive ketones (excluding diaryl/α,β-unsaturated/α-hetero) is 1. The summed E-state index contributed by atoms with van der Waals surface area (Å²) in [4.78, 5) is 26.3. The van der Waals surface area contributed by atoms with Crippen LogP contribution in [-0.4, -0.2) is 35.4 Å². The Kier molecular flexibility index (Phi) is 5.54. The van der Waals surface area contributed by atoms with Gasteiger partial charge in [0.2, 0.25) is 0 Å². The molecular weight excluding hydrogens is 354 g/mol. The Labute approximate surface area is 165 Å². The fraction of sp³-hybridized carbons (Fsp3) is 0.304. The molecule has 1 aliphatic heterocycles. The standard InChI is InChI=1S/C23H25NO4/c1-14(2)13-28-18-11-9-17(10-12-18)21(25)19-20(24(4)23(27)22(19)26)16-7-5-15(3)6-8-16/h5-12,14,20,25H,13H2,1-4H3/b21-19+. The first-order chi connectivity index (χ1) is 13.3. The predicted molar refractivity (Wildman–Crippen MR) is 108 cm³/mol. The number of carbonyl (C=O) groups excluding carboxylic acids is 2. The van der Waals surface area contributed by atoms with Gasteiger partial charge in [0.15, 0.2) is 0 Å². The van der Waals surface area contributed by atoms with Crippen LogP contribution in [0.15, 0.2) is 54.1 Å². The smallest absolute Gasteiger partial charge is 0.295 e. The van der Waals surface area contributed by atoms with Crippen LogP contribution in [0.4, 0.5) is 0 Å². The van der Waals surface area contributed by atoms with E-state index >= 15 is 0 Å². The van der Waals surface area contributed by atoms with Gasteiger partial charge in [-0.05, 0) is 42.7 Å². The molecule has 0 aliphatic carbocycles. The zero-order chi connectivity index (χ0) is 20.4. The molecule has 0 bridgehead atoms. The average Bonchev–Trinajstić information content (AvgIpc) is 2.91. The molecule has 1 unspecified atom stereocenters. The number of carbonyl (C=O) groups is 2. The number of amides is 1. The number of hydrogen-bond acceptors (Lipinski definition) is 4. The number of hydrogen-bond donors (Lipinski definition) is 1. The molecule has 146 valence electrons. The van der Waals surface area contributed by atoms with Crippen molar-refractivity contribution in [2.45, 2.75) is 26.8 Å². The van der Waals surface area contributed by atoms with Gasteiger partial charge >= 0.3 is 0 Å². The third-order valence-corrected chi connectivity index (χ3v) is 4.78. The van der Waals surface area contributed by atoms with Crippen molar-refractivity contribution in [2.24, 2.45) is 5.92 Å². The zero-order valence-corrected chi connectivity index (χ0v) is 16.6. The van der Waals surface area contributed by atoms with E-state index in [-0.39, 0.29) is 11.3 Å². The molecule has 0 radical (unpaired) electrons. The van der Waals surface area contributed by atoms with Crippen LogP contribution in [0.3, 0.4) is 0 Å². The summed E-state index contributed by atoms with van der Waals surface area (Å²) in [7, 11) is 1.58. The largest absolute Gasteiger partial charge is 0.507 e.